The lowest BCUT2D eigenvalue weighted by atomic mass is 9.73. The minimum atomic E-state index is -1.49. The Kier molecular flexibility index (Phi) is 8.13. The second kappa shape index (κ2) is 10.2. The van der Waals surface area contributed by atoms with Crippen LogP contribution in [0.5, 0.6) is 17.2 Å². The lowest BCUT2D eigenvalue weighted by molar-refractivity contribution is -0.122. The molecule has 0 spiro atoms. The van der Waals surface area contributed by atoms with Gasteiger partial charge in [0.25, 0.3) is 0 Å². The predicted octanol–water partition coefficient (Wildman–Crippen LogP) is 5.15. The van der Waals surface area contributed by atoms with E-state index in [2.05, 4.69) is 0 Å². The van der Waals surface area contributed by atoms with E-state index >= 15 is 0 Å². The van der Waals surface area contributed by atoms with E-state index in [0.717, 1.165) is 5.57 Å². The number of aromatic hydroxyl groups is 3. The smallest absolute Gasteiger partial charge is 0.199 e. The summed E-state index contributed by atoms with van der Waals surface area (Å²) in [7, 11) is 0. The first-order chi connectivity index (χ1) is 16.5. The van der Waals surface area contributed by atoms with Crippen LogP contribution in [0.2, 0.25) is 0 Å². The molecule has 1 aliphatic rings. The third-order valence-corrected chi connectivity index (χ3v) is 6.43. The van der Waals surface area contributed by atoms with Gasteiger partial charge in [-0.2, -0.15) is 0 Å². The Morgan fingerprint density at radius 1 is 0.806 bits per heavy atom. The van der Waals surface area contributed by atoms with Gasteiger partial charge in [-0.3, -0.25) is 14.4 Å². The van der Waals surface area contributed by atoms with Gasteiger partial charge in [0.15, 0.2) is 17.3 Å². The van der Waals surface area contributed by atoms with E-state index in [-0.39, 0.29) is 23.1 Å². The molecule has 0 bridgehead atoms. The van der Waals surface area contributed by atoms with Crippen LogP contribution >= 0.6 is 0 Å². The van der Waals surface area contributed by atoms with Crippen LogP contribution in [0.25, 0.3) is 0 Å². The Hall–Kier alpha value is -3.55. The van der Waals surface area contributed by atoms with E-state index in [9.17, 15) is 39.9 Å². The fourth-order valence-corrected chi connectivity index (χ4v) is 4.04. The van der Waals surface area contributed by atoms with Crippen molar-refractivity contribution in [2.24, 2.45) is 17.3 Å². The zero-order valence-electron chi connectivity index (χ0n) is 22.1. The van der Waals surface area contributed by atoms with Crippen molar-refractivity contribution in [3.8, 4) is 17.2 Å². The van der Waals surface area contributed by atoms with Crippen LogP contribution in [-0.4, -0.2) is 42.9 Å². The van der Waals surface area contributed by atoms with Crippen molar-refractivity contribution in [3.63, 3.8) is 0 Å². The summed E-state index contributed by atoms with van der Waals surface area (Å²) in [4.78, 5) is 39.0. The Morgan fingerprint density at radius 3 is 1.78 bits per heavy atom. The number of phenols is 3. The van der Waals surface area contributed by atoms with Crippen molar-refractivity contribution in [1.29, 1.82) is 0 Å². The third kappa shape index (κ3) is 4.90. The number of carbonyl (C=O) groups excluding carboxylic acids is 3. The maximum Gasteiger partial charge on any atom is 0.199 e. The number of Topliss-reactive ketones (excluding diaryl/α,β-unsaturated/α-hetero) is 3. The van der Waals surface area contributed by atoms with Crippen molar-refractivity contribution < 1.29 is 39.9 Å². The van der Waals surface area contributed by atoms with Crippen LogP contribution in [0, 0.1) is 17.3 Å². The Labute approximate surface area is 211 Å². The summed E-state index contributed by atoms with van der Waals surface area (Å²) in [5.74, 6) is -6.26. The lowest BCUT2D eigenvalue weighted by Crippen LogP contribution is -2.34. The number of aliphatic hydroxyl groups excluding tert-OH is 2. The van der Waals surface area contributed by atoms with Gasteiger partial charge in [0.05, 0.1) is 5.41 Å². The molecule has 36 heavy (non-hydrogen) atoms. The second-order valence-electron chi connectivity index (χ2n) is 10.6. The van der Waals surface area contributed by atoms with Crippen molar-refractivity contribution in [1.82, 2.24) is 0 Å². The molecule has 1 aromatic rings. The molecule has 1 aromatic carbocycles. The highest BCUT2D eigenvalue weighted by Crippen LogP contribution is 2.47. The van der Waals surface area contributed by atoms with Gasteiger partial charge in [0.2, 0.25) is 0 Å². The highest BCUT2D eigenvalue weighted by Gasteiger charge is 2.45. The van der Waals surface area contributed by atoms with Gasteiger partial charge in [-0.25, -0.2) is 0 Å². The number of benzene rings is 1. The Bertz CT molecular complexity index is 1220. The molecular weight excluding hydrogens is 464 g/mol. The van der Waals surface area contributed by atoms with Crippen LogP contribution in [0.15, 0.2) is 34.3 Å². The van der Waals surface area contributed by atoms with Crippen LogP contribution in [0.3, 0.4) is 0 Å². The summed E-state index contributed by atoms with van der Waals surface area (Å²) < 4.78 is 0. The van der Waals surface area contributed by atoms with E-state index in [0.29, 0.717) is 0 Å². The first kappa shape index (κ1) is 28.7. The summed E-state index contributed by atoms with van der Waals surface area (Å²) >= 11 is 0. The molecule has 8 heteroatoms. The highest BCUT2D eigenvalue weighted by molar-refractivity contribution is 6.28. The van der Waals surface area contributed by atoms with E-state index in [1.54, 1.807) is 33.8 Å². The number of hydrogen-bond acceptors (Lipinski definition) is 8. The molecule has 196 valence electrons. The molecule has 8 nitrogen and oxygen atoms in total. The fourth-order valence-electron chi connectivity index (χ4n) is 4.04. The van der Waals surface area contributed by atoms with Gasteiger partial charge >= 0.3 is 0 Å². The first-order valence-corrected chi connectivity index (χ1v) is 11.9. The average Bonchev–Trinajstić information content (AvgIpc) is 2.77. The van der Waals surface area contributed by atoms with Gasteiger partial charge in [-0.15, -0.1) is 0 Å². The number of carbonyl (C=O) groups is 3. The van der Waals surface area contributed by atoms with Crippen molar-refractivity contribution >= 4 is 17.3 Å². The molecule has 0 atom stereocenters. The molecule has 2 rings (SSSR count). The van der Waals surface area contributed by atoms with E-state index in [1.807, 2.05) is 13.8 Å². The normalized spacial score (nSPS) is 15.7. The zero-order chi connectivity index (χ0) is 27.9. The highest BCUT2D eigenvalue weighted by atomic mass is 16.3. The number of phenolic OH excluding ortho intramolecular Hbond substituents is 3. The number of hydrogen-bond donors (Lipinski definition) is 5. The van der Waals surface area contributed by atoms with Crippen molar-refractivity contribution in [2.75, 3.05) is 0 Å². The minimum Gasteiger partial charge on any atom is -0.511 e. The fraction of sp³-hybridized carbons (Fsp3) is 0.464. The molecule has 0 aromatic heterocycles. The largest absolute Gasteiger partial charge is 0.511 e. The molecule has 0 radical (unpaired) electrons. The number of aliphatic hydroxyl groups is 2. The zero-order valence-corrected chi connectivity index (χ0v) is 22.1. The molecule has 0 aliphatic heterocycles. The van der Waals surface area contributed by atoms with Gasteiger partial charge in [0, 0.05) is 35.0 Å². The monoisotopic (exact) mass is 500 g/mol. The van der Waals surface area contributed by atoms with Crippen molar-refractivity contribution in [3.05, 3.63) is 51.0 Å². The molecule has 0 amide bonds. The summed E-state index contributed by atoms with van der Waals surface area (Å²) in [6.45, 7) is 12.8. The van der Waals surface area contributed by atoms with E-state index in [4.69, 9.17) is 0 Å². The molecule has 0 fully saturated rings. The summed E-state index contributed by atoms with van der Waals surface area (Å²) in [5, 5.41) is 54.5. The SMILES string of the molecule is CC(C)=CCc1c(O)c(CC2=C(O)C(C)(C)C(O)=C(C(=O)C(C)C)C2=O)c(O)c(C(=O)C(C)C)c1O. The van der Waals surface area contributed by atoms with Crippen LogP contribution in [0.1, 0.15) is 76.9 Å². The molecule has 0 heterocycles. The number of allylic oxidation sites excluding steroid dienone is 4. The molecule has 5 N–H and O–H groups in total. The minimum absolute atomic E-state index is 0.0209. The van der Waals surface area contributed by atoms with Gasteiger partial charge in [-0.05, 0) is 34.1 Å². The number of rotatable bonds is 8. The van der Waals surface area contributed by atoms with Crippen molar-refractivity contribution in [2.45, 2.75) is 68.2 Å². The molecule has 0 unspecified atom stereocenters. The standard InChI is InChI=1S/C28H36O8/c1-12(2)9-10-15-22(31)16(24(33)18(23(15)32)20(29)13(3)4)11-17-25(34)19(21(30)14(5)6)27(36)28(7,8)26(17)35/h9,13-14,31-33,35-36H,10-11H2,1-8H3. The molecule has 1 aliphatic carbocycles. The maximum atomic E-state index is 13.4. The number of ketones is 3. The second-order valence-corrected chi connectivity index (χ2v) is 10.6. The maximum absolute atomic E-state index is 13.4. The Morgan fingerprint density at radius 2 is 1.31 bits per heavy atom. The van der Waals surface area contributed by atoms with Gasteiger partial charge in [-0.1, -0.05) is 39.3 Å². The van der Waals surface area contributed by atoms with Gasteiger partial charge in [0.1, 0.15) is 39.9 Å². The third-order valence-electron chi connectivity index (χ3n) is 6.43. The van der Waals surface area contributed by atoms with Gasteiger partial charge < -0.3 is 25.5 Å². The first-order valence-electron chi connectivity index (χ1n) is 11.9. The van der Waals surface area contributed by atoms with Crippen LogP contribution in [-0.2, 0) is 22.4 Å². The van der Waals surface area contributed by atoms with E-state index in [1.165, 1.54) is 13.8 Å². The Balaban J connectivity index is 2.85. The topological polar surface area (TPSA) is 152 Å². The summed E-state index contributed by atoms with van der Waals surface area (Å²) in [5.41, 5.74) is -2.06. The van der Waals surface area contributed by atoms with E-state index < -0.39 is 80.9 Å². The molecular formula is C28H36O8. The van der Waals surface area contributed by atoms with Crippen LogP contribution in [0.4, 0.5) is 0 Å². The summed E-state index contributed by atoms with van der Waals surface area (Å²) in [6, 6.07) is 0. The predicted molar refractivity (Wildman–Crippen MR) is 135 cm³/mol. The lowest BCUT2D eigenvalue weighted by Gasteiger charge is -2.32. The quantitative estimate of drug-likeness (QED) is 0.187. The molecule has 0 saturated heterocycles. The molecule has 0 saturated carbocycles. The summed E-state index contributed by atoms with van der Waals surface area (Å²) in [6.07, 6.45) is 1.20. The van der Waals surface area contributed by atoms with Crippen LogP contribution < -0.4 is 0 Å². The average molecular weight is 501 g/mol.